The second kappa shape index (κ2) is 8.15. The minimum atomic E-state index is -0.0568. The zero-order valence-corrected chi connectivity index (χ0v) is 14.1. The van der Waals surface area contributed by atoms with Crippen LogP contribution < -0.4 is 10.1 Å². The number of aryl methyl sites for hydroxylation is 2. The van der Waals surface area contributed by atoms with Gasteiger partial charge in [0.2, 0.25) is 5.91 Å². The van der Waals surface area contributed by atoms with E-state index in [4.69, 9.17) is 9.15 Å². The number of oxazole rings is 1. The summed E-state index contributed by atoms with van der Waals surface area (Å²) in [4.78, 5) is 16.2. The molecule has 1 amide bonds. The minimum absolute atomic E-state index is 0.0568. The fourth-order valence-corrected chi connectivity index (χ4v) is 2.36. The number of ether oxygens (including phenoxy) is 1. The van der Waals surface area contributed by atoms with Gasteiger partial charge in [-0.1, -0.05) is 30.3 Å². The lowest BCUT2D eigenvalue weighted by Gasteiger charge is -2.08. The van der Waals surface area contributed by atoms with Crippen molar-refractivity contribution in [3.8, 4) is 5.75 Å². The van der Waals surface area contributed by atoms with Crippen LogP contribution in [0.5, 0.6) is 5.75 Å². The van der Waals surface area contributed by atoms with Crippen molar-refractivity contribution in [3.63, 3.8) is 0 Å². The van der Waals surface area contributed by atoms with E-state index in [0.717, 1.165) is 22.7 Å². The van der Waals surface area contributed by atoms with Crippen molar-refractivity contribution in [3.05, 3.63) is 78.0 Å². The first-order valence-electron chi connectivity index (χ1n) is 8.17. The third kappa shape index (κ3) is 5.21. The number of amides is 1. The van der Waals surface area contributed by atoms with E-state index in [-0.39, 0.29) is 5.91 Å². The Labute approximate surface area is 146 Å². The van der Waals surface area contributed by atoms with Gasteiger partial charge in [-0.25, -0.2) is 4.98 Å². The highest BCUT2D eigenvalue weighted by molar-refractivity contribution is 5.90. The van der Waals surface area contributed by atoms with E-state index in [0.29, 0.717) is 25.3 Å². The molecule has 0 aliphatic heterocycles. The van der Waals surface area contributed by atoms with Crippen LogP contribution in [-0.4, -0.2) is 10.9 Å². The Bertz CT molecular complexity index is 810. The van der Waals surface area contributed by atoms with Crippen LogP contribution in [-0.2, 0) is 17.8 Å². The first-order valence-corrected chi connectivity index (χ1v) is 8.17. The molecule has 1 heterocycles. The lowest BCUT2D eigenvalue weighted by molar-refractivity contribution is -0.116. The molecule has 2 aromatic carbocycles. The van der Waals surface area contributed by atoms with E-state index in [1.54, 1.807) is 13.2 Å². The van der Waals surface area contributed by atoms with E-state index in [9.17, 15) is 4.79 Å². The van der Waals surface area contributed by atoms with Crippen molar-refractivity contribution in [2.24, 2.45) is 0 Å². The molecular formula is C20H20N2O3. The highest BCUT2D eigenvalue weighted by Gasteiger charge is 2.06. The van der Waals surface area contributed by atoms with Gasteiger partial charge in [-0.15, -0.1) is 0 Å². The summed E-state index contributed by atoms with van der Waals surface area (Å²) in [5.41, 5.74) is 2.65. The van der Waals surface area contributed by atoms with Gasteiger partial charge in [0.1, 0.15) is 18.6 Å². The molecule has 0 atom stereocenters. The third-order valence-corrected chi connectivity index (χ3v) is 3.66. The number of aromatic nitrogens is 1. The molecule has 1 aromatic heterocycles. The molecule has 128 valence electrons. The normalized spacial score (nSPS) is 10.4. The number of hydrogen-bond donors (Lipinski definition) is 1. The summed E-state index contributed by atoms with van der Waals surface area (Å²) in [6.07, 6.45) is 2.50. The van der Waals surface area contributed by atoms with E-state index < -0.39 is 0 Å². The molecular weight excluding hydrogens is 316 g/mol. The maximum absolute atomic E-state index is 12.0. The Hall–Kier alpha value is -3.08. The van der Waals surface area contributed by atoms with Crippen LogP contribution in [0.25, 0.3) is 0 Å². The molecule has 0 unspecified atom stereocenters. The average molecular weight is 336 g/mol. The maximum Gasteiger partial charge on any atom is 0.224 e. The van der Waals surface area contributed by atoms with Crippen molar-refractivity contribution in [1.82, 2.24) is 4.98 Å². The fourth-order valence-electron chi connectivity index (χ4n) is 2.36. The molecule has 0 aliphatic carbocycles. The third-order valence-electron chi connectivity index (χ3n) is 3.66. The molecule has 0 aliphatic rings. The molecule has 0 bridgehead atoms. The van der Waals surface area contributed by atoms with E-state index >= 15 is 0 Å². The molecule has 0 fully saturated rings. The Kier molecular flexibility index (Phi) is 5.46. The molecule has 0 radical (unpaired) electrons. The molecule has 3 rings (SSSR count). The summed E-state index contributed by atoms with van der Waals surface area (Å²) in [5.74, 6) is 1.32. The van der Waals surface area contributed by atoms with Gasteiger partial charge < -0.3 is 14.5 Å². The number of carbonyl (C=O) groups is 1. The Balaban J connectivity index is 1.46. The lowest BCUT2D eigenvalue weighted by Crippen LogP contribution is -2.12. The first-order chi connectivity index (χ1) is 12.2. The van der Waals surface area contributed by atoms with Crippen LogP contribution in [0.15, 0.2) is 65.3 Å². The summed E-state index contributed by atoms with van der Waals surface area (Å²) in [6.45, 7) is 2.30. The van der Waals surface area contributed by atoms with Gasteiger partial charge in [0.15, 0.2) is 5.89 Å². The van der Waals surface area contributed by atoms with Crippen LogP contribution in [0.2, 0.25) is 0 Å². The number of nitrogens with one attached hydrogen (secondary N) is 1. The van der Waals surface area contributed by atoms with Gasteiger partial charge in [0.25, 0.3) is 0 Å². The van der Waals surface area contributed by atoms with Crippen molar-refractivity contribution >= 4 is 11.6 Å². The van der Waals surface area contributed by atoms with E-state index in [1.807, 2.05) is 54.6 Å². The quantitative estimate of drug-likeness (QED) is 0.704. The average Bonchev–Trinajstić information content (AvgIpc) is 3.06. The van der Waals surface area contributed by atoms with Gasteiger partial charge in [0.05, 0.1) is 5.69 Å². The molecule has 0 saturated carbocycles. The lowest BCUT2D eigenvalue weighted by atomic mass is 10.2. The van der Waals surface area contributed by atoms with Crippen LogP contribution >= 0.6 is 0 Å². The Morgan fingerprint density at radius 2 is 1.88 bits per heavy atom. The molecule has 5 nitrogen and oxygen atoms in total. The zero-order valence-electron chi connectivity index (χ0n) is 14.1. The topological polar surface area (TPSA) is 64.4 Å². The standard InChI is InChI=1S/C20H20N2O3/c1-15-21-18(14-24-15)9-12-20(23)22-17-7-10-19(11-8-17)25-13-16-5-3-2-4-6-16/h2-8,10-11,14H,9,12-13H2,1H3,(H,22,23). The largest absolute Gasteiger partial charge is 0.489 e. The highest BCUT2D eigenvalue weighted by atomic mass is 16.5. The summed E-state index contributed by atoms with van der Waals surface area (Å²) < 4.78 is 10.9. The second-order valence-electron chi connectivity index (χ2n) is 5.70. The summed E-state index contributed by atoms with van der Waals surface area (Å²) >= 11 is 0. The predicted molar refractivity (Wildman–Crippen MR) is 95.4 cm³/mol. The van der Waals surface area contributed by atoms with Crippen molar-refractivity contribution in [2.45, 2.75) is 26.4 Å². The Morgan fingerprint density at radius 1 is 1.12 bits per heavy atom. The zero-order chi connectivity index (χ0) is 17.5. The van der Waals surface area contributed by atoms with Crippen LogP contribution in [0.1, 0.15) is 23.6 Å². The number of anilines is 1. The molecule has 1 N–H and O–H groups in total. The monoisotopic (exact) mass is 336 g/mol. The van der Waals surface area contributed by atoms with Crippen LogP contribution in [0.4, 0.5) is 5.69 Å². The van der Waals surface area contributed by atoms with Gasteiger partial charge in [0, 0.05) is 25.5 Å². The van der Waals surface area contributed by atoms with E-state index in [1.165, 1.54) is 0 Å². The number of nitrogens with zero attached hydrogens (tertiary/aromatic N) is 1. The molecule has 5 heteroatoms. The summed E-state index contributed by atoms with van der Waals surface area (Å²) in [6, 6.07) is 17.3. The molecule has 0 saturated heterocycles. The smallest absolute Gasteiger partial charge is 0.224 e. The van der Waals surface area contributed by atoms with Crippen LogP contribution in [0, 0.1) is 6.92 Å². The van der Waals surface area contributed by atoms with Crippen molar-refractivity contribution in [1.29, 1.82) is 0 Å². The first kappa shape index (κ1) is 16.8. The summed E-state index contributed by atoms with van der Waals surface area (Å²) in [5, 5.41) is 2.87. The number of carbonyl (C=O) groups excluding carboxylic acids is 1. The van der Waals surface area contributed by atoms with Crippen LogP contribution in [0.3, 0.4) is 0 Å². The highest BCUT2D eigenvalue weighted by Crippen LogP contribution is 2.17. The predicted octanol–water partition coefficient (Wildman–Crippen LogP) is 4.13. The van der Waals surface area contributed by atoms with E-state index in [2.05, 4.69) is 10.3 Å². The number of benzene rings is 2. The van der Waals surface area contributed by atoms with Crippen molar-refractivity contribution in [2.75, 3.05) is 5.32 Å². The molecule has 25 heavy (non-hydrogen) atoms. The number of hydrogen-bond acceptors (Lipinski definition) is 4. The van der Waals surface area contributed by atoms with Crippen molar-refractivity contribution < 1.29 is 13.9 Å². The van der Waals surface area contributed by atoms with Gasteiger partial charge >= 0.3 is 0 Å². The number of rotatable bonds is 7. The summed E-state index contributed by atoms with van der Waals surface area (Å²) in [7, 11) is 0. The molecule has 0 spiro atoms. The Morgan fingerprint density at radius 3 is 2.56 bits per heavy atom. The van der Waals surface area contributed by atoms with Gasteiger partial charge in [-0.05, 0) is 29.8 Å². The fraction of sp³-hybridized carbons (Fsp3) is 0.200. The van der Waals surface area contributed by atoms with Gasteiger partial charge in [-0.3, -0.25) is 4.79 Å². The van der Waals surface area contributed by atoms with Gasteiger partial charge in [-0.2, -0.15) is 0 Å². The molecule has 3 aromatic rings. The minimum Gasteiger partial charge on any atom is -0.489 e. The maximum atomic E-state index is 12.0. The second-order valence-corrected chi connectivity index (χ2v) is 5.70. The SMILES string of the molecule is Cc1nc(CCC(=O)Nc2ccc(OCc3ccccc3)cc2)co1.